The molecule has 54 valence electrons. The van der Waals surface area contributed by atoms with Crippen LogP contribution in [0.4, 0.5) is 0 Å². The summed E-state index contributed by atoms with van der Waals surface area (Å²) in [6, 6.07) is 0.404. The Kier molecular flexibility index (Phi) is 3.41. The van der Waals surface area contributed by atoms with Gasteiger partial charge in [0.15, 0.2) is 0 Å². The third kappa shape index (κ3) is 8.15. The fourth-order valence-electron chi connectivity index (χ4n) is 0.326. The van der Waals surface area contributed by atoms with E-state index in [-0.39, 0.29) is 4.32 Å². The van der Waals surface area contributed by atoms with Gasteiger partial charge in [-0.3, -0.25) is 4.99 Å². The minimum absolute atomic E-state index is 0.0528. The molecule has 0 aromatic heterocycles. The van der Waals surface area contributed by atoms with Crippen LogP contribution in [0.3, 0.4) is 0 Å². The van der Waals surface area contributed by atoms with Crippen molar-refractivity contribution in [2.75, 3.05) is 0 Å². The summed E-state index contributed by atoms with van der Waals surface area (Å²) in [5.74, 6) is 0. The summed E-state index contributed by atoms with van der Waals surface area (Å²) in [6.45, 7) is 8.27. The molecule has 0 N–H and O–H groups in total. The largest absolute Gasteiger partial charge is 0.293 e. The first kappa shape index (κ1) is 9.15. The Morgan fingerprint density at radius 1 is 1.44 bits per heavy atom. The van der Waals surface area contributed by atoms with E-state index < -0.39 is 0 Å². The van der Waals surface area contributed by atoms with Crippen molar-refractivity contribution in [2.45, 2.75) is 38.1 Å². The Bertz CT molecular complexity index is 100.0. The molecule has 0 aromatic rings. The summed E-state index contributed by atoms with van der Waals surface area (Å²) in [7, 11) is 0. The van der Waals surface area contributed by atoms with Crippen LogP contribution in [0.5, 0.6) is 0 Å². The molecular formula is C7H14BrN. The molecule has 0 bridgehead atoms. The van der Waals surface area contributed by atoms with Crippen LogP contribution < -0.4 is 0 Å². The van der Waals surface area contributed by atoms with E-state index in [1.807, 2.05) is 6.21 Å². The van der Waals surface area contributed by atoms with E-state index in [4.69, 9.17) is 0 Å². The second kappa shape index (κ2) is 3.35. The van der Waals surface area contributed by atoms with Gasteiger partial charge in [0.05, 0.1) is 4.32 Å². The van der Waals surface area contributed by atoms with E-state index in [2.05, 4.69) is 48.6 Å². The van der Waals surface area contributed by atoms with Crippen molar-refractivity contribution in [1.29, 1.82) is 0 Å². The fourth-order valence-corrected chi connectivity index (χ4v) is 0.445. The zero-order valence-electron chi connectivity index (χ0n) is 6.48. The van der Waals surface area contributed by atoms with Gasteiger partial charge in [-0.05, 0) is 27.7 Å². The van der Waals surface area contributed by atoms with Crippen LogP contribution in [-0.4, -0.2) is 16.6 Å². The summed E-state index contributed by atoms with van der Waals surface area (Å²) in [5, 5.41) is 0. The third-order valence-corrected chi connectivity index (χ3v) is 0.884. The molecule has 0 aliphatic rings. The van der Waals surface area contributed by atoms with Gasteiger partial charge in [-0.25, -0.2) is 0 Å². The summed E-state index contributed by atoms with van der Waals surface area (Å²) in [5.41, 5.74) is 0. The molecule has 2 heteroatoms. The Morgan fingerprint density at radius 2 is 1.89 bits per heavy atom. The van der Waals surface area contributed by atoms with Gasteiger partial charge in [-0.15, -0.1) is 0 Å². The first-order valence-corrected chi connectivity index (χ1v) is 3.94. The van der Waals surface area contributed by atoms with E-state index in [1.54, 1.807) is 0 Å². The van der Waals surface area contributed by atoms with E-state index >= 15 is 0 Å². The maximum atomic E-state index is 4.22. The molecule has 0 rings (SSSR count). The maximum absolute atomic E-state index is 4.22. The van der Waals surface area contributed by atoms with Crippen LogP contribution in [0.1, 0.15) is 27.7 Å². The quantitative estimate of drug-likeness (QED) is 0.471. The number of alkyl halides is 1. The highest BCUT2D eigenvalue weighted by Crippen LogP contribution is 2.12. The van der Waals surface area contributed by atoms with Crippen LogP contribution in [0, 0.1) is 0 Å². The molecule has 1 nitrogen and oxygen atoms in total. The smallest absolute Gasteiger partial charge is 0.0548 e. The van der Waals surface area contributed by atoms with Crippen molar-refractivity contribution in [1.82, 2.24) is 0 Å². The molecule has 0 saturated heterocycles. The first-order valence-electron chi connectivity index (χ1n) is 3.15. The van der Waals surface area contributed by atoms with Gasteiger partial charge in [0.1, 0.15) is 0 Å². The van der Waals surface area contributed by atoms with Crippen LogP contribution in [-0.2, 0) is 0 Å². The number of hydrogen-bond acceptors (Lipinski definition) is 1. The van der Waals surface area contributed by atoms with E-state index in [0.29, 0.717) is 6.04 Å². The molecule has 9 heavy (non-hydrogen) atoms. The molecule has 0 aliphatic carbocycles. The van der Waals surface area contributed by atoms with Crippen LogP contribution in [0.2, 0.25) is 0 Å². The van der Waals surface area contributed by atoms with Gasteiger partial charge in [0, 0.05) is 12.3 Å². The Labute approximate surface area is 65.7 Å². The van der Waals surface area contributed by atoms with E-state index in [9.17, 15) is 0 Å². The molecule has 0 amide bonds. The summed E-state index contributed by atoms with van der Waals surface area (Å²) < 4.78 is 0.0528. The lowest BCUT2D eigenvalue weighted by Gasteiger charge is -2.08. The Balaban J connectivity index is 3.71. The average Bonchev–Trinajstić information content (AvgIpc) is 1.59. The zero-order chi connectivity index (χ0) is 7.49. The van der Waals surface area contributed by atoms with Crippen molar-refractivity contribution in [2.24, 2.45) is 4.99 Å². The SMILES string of the molecule is CC(C)N=CC(C)(C)Br. The van der Waals surface area contributed by atoms with Crippen molar-refractivity contribution in [3.63, 3.8) is 0 Å². The topological polar surface area (TPSA) is 12.4 Å². The second-order valence-electron chi connectivity index (χ2n) is 2.94. The molecular weight excluding hydrogens is 178 g/mol. The molecule has 0 aromatic carbocycles. The minimum Gasteiger partial charge on any atom is -0.293 e. The van der Waals surface area contributed by atoms with Crippen molar-refractivity contribution in [3.8, 4) is 0 Å². The van der Waals surface area contributed by atoms with Gasteiger partial charge >= 0.3 is 0 Å². The molecule has 0 spiro atoms. The van der Waals surface area contributed by atoms with Gasteiger partial charge < -0.3 is 0 Å². The minimum atomic E-state index is 0.0528. The average molecular weight is 192 g/mol. The molecule has 0 unspecified atom stereocenters. The van der Waals surface area contributed by atoms with Crippen molar-refractivity contribution >= 4 is 22.1 Å². The Hall–Kier alpha value is 0.150. The lowest BCUT2D eigenvalue weighted by Crippen LogP contribution is -2.11. The predicted octanol–water partition coefficient (Wildman–Crippen LogP) is 2.64. The second-order valence-corrected chi connectivity index (χ2v) is 4.98. The highest BCUT2D eigenvalue weighted by Gasteiger charge is 2.07. The summed E-state index contributed by atoms with van der Waals surface area (Å²) >= 11 is 3.46. The predicted molar refractivity (Wildman–Crippen MR) is 46.6 cm³/mol. The Morgan fingerprint density at radius 3 is 2.00 bits per heavy atom. The number of halogens is 1. The lowest BCUT2D eigenvalue weighted by atomic mass is 10.2. The fraction of sp³-hybridized carbons (Fsp3) is 0.857. The van der Waals surface area contributed by atoms with Crippen LogP contribution >= 0.6 is 15.9 Å². The summed E-state index contributed by atoms with van der Waals surface area (Å²) in [6.07, 6.45) is 1.93. The normalized spacial score (nSPS) is 13.6. The van der Waals surface area contributed by atoms with Crippen molar-refractivity contribution < 1.29 is 0 Å². The third-order valence-electron chi connectivity index (χ3n) is 0.680. The number of nitrogens with zero attached hydrogens (tertiary/aromatic N) is 1. The standard InChI is InChI=1S/C7H14BrN/c1-6(2)9-5-7(3,4)8/h5-6H,1-4H3. The molecule has 0 atom stereocenters. The van der Waals surface area contributed by atoms with Gasteiger partial charge in [0.2, 0.25) is 0 Å². The van der Waals surface area contributed by atoms with Crippen LogP contribution in [0.25, 0.3) is 0 Å². The number of hydrogen-bond donors (Lipinski definition) is 0. The monoisotopic (exact) mass is 191 g/mol. The van der Waals surface area contributed by atoms with Gasteiger partial charge in [-0.2, -0.15) is 0 Å². The van der Waals surface area contributed by atoms with Crippen molar-refractivity contribution in [3.05, 3.63) is 0 Å². The number of aliphatic imine (C=N–C) groups is 1. The highest BCUT2D eigenvalue weighted by atomic mass is 79.9. The molecule has 0 radical (unpaired) electrons. The zero-order valence-corrected chi connectivity index (χ0v) is 8.07. The lowest BCUT2D eigenvalue weighted by molar-refractivity contribution is 0.826. The van der Waals surface area contributed by atoms with E-state index in [0.717, 1.165) is 0 Å². The van der Waals surface area contributed by atoms with Crippen LogP contribution in [0.15, 0.2) is 4.99 Å². The first-order chi connectivity index (χ1) is 3.92. The number of rotatable bonds is 2. The molecule has 0 fully saturated rings. The highest BCUT2D eigenvalue weighted by molar-refractivity contribution is 9.10. The maximum Gasteiger partial charge on any atom is 0.0548 e. The van der Waals surface area contributed by atoms with Gasteiger partial charge in [-0.1, -0.05) is 15.9 Å². The van der Waals surface area contributed by atoms with E-state index in [1.165, 1.54) is 0 Å². The molecule has 0 heterocycles. The molecule has 0 saturated carbocycles. The summed E-state index contributed by atoms with van der Waals surface area (Å²) in [4.78, 5) is 4.22. The van der Waals surface area contributed by atoms with Gasteiger partial charge in [0.25, 0.3) is 0 Å². The molecule has 0 aliphatic heterocycles.